The zero-order chi connectivity index (χ0) is 13.1. The molecule has 104 valence electrons. The first-order valence-electron chi connectivity index (χ1n) is 7.85. The molecule has 0 aliphatic carbocycles. The molecule has 0 amide bonds. The van der Waals surface area contributed by atoms with E-state index in [9.17, 15) is 0 Å². The van der Waals surface area contributed by atoms with Gasteiger partial charge in [-0.2, -0.15) is 0 Å². The van der Waals surface area contributed by atoms with E-state index in [1.54, 1.807) is 0 Å². The van der Waals surface area contributed by atoms with Gasteiger partial charge in [-0.3, -0.25) is 0 Å². The number of unbranched alkanes of at least 4 members (excludes halogenated alkanes) is 1. The van der Waals surface area contributed by atoms with Crippen LogP contribution in [0.4, 0.5) is 0 Å². The van der Waals surface area contributed by atoms with Gasteiger partial charge >= 0.3 is 0 Å². The van der Waals surface area contributed by atoms with Crippen molar-refractivity contribution >= 4 is 0 Å². The lowest BCUT2D eigenvalue weighted by molar-refractivity contribution is 0.391. The summed E-state index contributed by atoms with van der Waals surface area (Å²) < 4.78 is 0. The van der Waals surface area contributed by atoms with E-state index in [1.165, 1.54) is 57.8 Å². The van der Waals surface area contributed by atoms with Gasteiger partial charge in [0.25, 0.3) is 0 Å². The molecule has 0 fully saturated rings. The van der Waals surface area contributed by atoms with Crippen molar-refractivity contribution in [3.05, 3.63) is 0 Å². The third-order valence-corrected chi connectivity index (χ3v) is 3.89. The molecule has 0 saturated carbocycles. The number of hydrogen-bond donors (Lipinski definition) is 1. The summed E-state index contributed by atoms with van der Waals surface area (Å²) in [5, 5.41) is 0. The van der Waals surface area contributed by atoms with Gasteiger partial charge in [-0.25, -0.2) is 0 Å². The fourth-order valence-corrected chi connectivity index (χ4v) is 2.48. The average molecular weight is 241 g/mol. The van der Waals surface area contributed by atoms with E-state index in [0.29, 0.717) is 6.04 Å². The lowest BCUT2D eigenvalue weighted by Gasteiger charge is -2.17. The van der Waals surface area contributed by atoms with Crippen molar-refractivity contribution < 1.29 is 0 Å². The van der Waals surface area contributed by atoms with Crippen LogP contribution < -0.4 is 5.73 Å². The Labute approximate surface area is 110 Å². The van der Waals surface area contributed by atoms with Gasteiger partial charge in [0.1, 0.15) is 0 Å². The summed E-state index contributed by atoms with van der Waals surface area (Å²) in [6.07, 6.45) is 11.8. The molecule has 17 heavy (non-hydrogen) atoms. The number of nitrogens with two attached hydrogens (primary N) is 1. The molecule has 0 aromatic rings. The highest BCUT2D eigenvalue weighted by molar-refractivity contribution is 4.66. The molecule has 0 radical (unpaired) electrons. The van der Waals surface area contributed by atoms with Gasteiger partial charge in [-0.05, 0) is 37.5 Å². The summed E-state index contributed by atoms with van der Waals surface area (Å²) in [6.45, 7) is 9.28. The van der Waals surface area contributed by atoms with Crippen molar-refractivity contribution in [2.45, 2.75) is 91.5 Å². The van der Waals surface area contributed by atoms with Gasteiger partial charge < -0.3 is 5.73 Å². The Kier molecular flexibility index (Phi) is 11.0. The van der Waals surface area contributed by atoms with Crippen molar-refractivity contribution in [1.29, 1.82) is 0 Å². The van der Waals surface area contributed by atoms with Gasteiger partial charge in [0.15, 0.2) is 0 Å². The van der Waals surface area contributed by atoms with E-state index in [0.717, 1.165) is 11.8 Å². The first kappa shape index (κ1) is 17.0. The molecule has 2 N–H and O–H groups in total. The van der Waals surface area contributed by atoms with Crippen molar-refractivity contribution in [3.63, 3.8) is 0 Å². The first-order valence-corrected chi connectivity index (χ1v) is 7.85. The molecule has 0 bridgehead atoms. The lowest BCUT2D eigenvalue weighted by atomic mass is 9.92. The molecule has 0 saturated heterocycles. The van der Waals surface area contributed by atoms with Crippen LogP contribution in [0.3, 0.4) is 0 Å². The van der Waals surface area contributed by atoms with Crippen LogP contribution in [0.25, 0.3) is 0 Å². The monoisotopic (exact) mass is 241 g/mol. The standard InChI is InChI=1S/C16H35N/c1-5-7-9-15(4)11-13-16(17)12-10-14(3)8-6-2/h14-16H,5-13,17H2,1-4H3. The van der Waals surface area contributed by atoms with Crippen LogP contribution >= 0.6 is 0 Å². The van der Waals surface area contributed by atoms with Crippen LogP contribution in [0.5, 0.6) is 0 Å². The van der Waals surface area contributed by atoms with E-state index >= 15 is 0 Å². The molecule has 0 aromatic heterocycles. The molecule has 0 aromatic carbocycles. The fourth-order valence-electron chi connectivity index (χ4n) is 2.48. The van der Waals surface area contributed by atoms with Crippen LogP contribution in [-0.4, -0.2) is 6.04 Å². The lowest BCUT2D eigenvalue weighted by Crippen LogP contribution is -2.21. The normalized spacial score (nSPS) is 16.8. The van der Waals surface area contributed by atoms with Gasteiger partial charge in [0, 0.05) is 6.04 Å². The molecule has 0 heterocycles. The molecule has 3 unspecified atom stereocenters. The third-order valence-electron chi connectivity index (χ3n) is 3.89. The summed E-state index contributed by atoms with van der Waals surface area (Å²) in [4.78, 5) is 0. The molecule has 0 aliphatic rings. The highest BCUT2D eigenvalue weighted by Gasteiger charge is 2.09. The van der Waals surface area contributed by atoms with Crippen LogP contribution in [0.2, 0.25) is 0 Å². The van der Waals surface area contributed by atoms with Gasteiger partial charge in [0.05, 0.1) is 0 Å². The molecule has 0 spiro atoms. The van der Waals surface area contributed by atoms with Crippen molar-refractivity contribution in [3.8, 4) is 0 Å². The molecule has 0 rings (SSSR count). The van der Waals surface area contributed by atoms with Crippen molar-refractivity contribution in [1.82, 2.24) is 0 Å². The Balaban J connectivity index is 3.48. The van der Waals surface area contributed by atoms with Gasteiger partial charge in [-0.1, -0.05) is 59.8 Å². The summed E-state index contributed by atoms with van der Waals surface area (Å²) in [6, 6.07) is 0.443. The minimum atomic E-state index is 0.443. The van der Waals surface area contributed by atoms with Crippen molar-refractivity contribution in [2.75, 3.05) is 0 Å². The van der Waals surface area contributed by atoms with Crippen LogP contribution in [0.15, 0.2) is 0 Å². The minimum absolute atomic E-state index is 0.443. The Hall–Kier alpha value is -0.0400. The topological polar surface area (TPSA) is 26.0 Å². The second kappa shape index (κ2) is 11.1. The fraction of sp³-hybridized carbons (Fsp3) is 1.00. The zero-order valence-electron chi connectivity index (χ0n) is 12.7. The molecule has 0 aliphatic heterocycles. The average Bonchev–Trinajstić information content (AvgIpc) is 2.31. The second-order valence-corrected chi connectivity index (χ2v) is 6.06. The van der Waals surface area contributed by atoms with Crippen molar-refractivity contribution in [2.24, 2.45) is 17.6 Å². The molecular weight excluding hydrogens is 206 g/mol. The number of rotatable bonds is 11. The van der Waals surface area contributed by atoms with E-state index in [2.05, 4.69) is 27.7 Å². The first-order chi connectivity index (χ1) is 8.10. The largest absolute Gasteiger partial charge is 0.328 e. The highest BCUT2D eigenvalue weighted by Crippen LogP contribution is 2.18. The van der Waals surface area contributed by atoms with E-state index in [4.69, 9.17) is 5.73 Å². The maximum absolute atomic E-state index is 6.20. The minimum Gasteiger partial charge on any atom is -0.328 e. The van der Waals surface area contributed by atoms with E-state index in [1.807, 2.05) is 0 Å². The summed E-state index contributed by atoms with van der Waals surface area (Å²) in [5.74, 6) is 1.73. The SMILES string of the molecule is CCCCC(C)CCC(N)CCC(C)CCC. The van der Waals surface area contributed by atoms with Gasteiger partial charge in [0.2, 0.25) is 0 Å². The molecular formula is C16H35N. The van der Waals surface area contributed by atoms with Crippen LogP contribution in [-0.2, 0) is 0 Å². The Bertz CT molecular complexity index is 156. The quantitative estimate of drug-likeness (QED) is 0.533. The number of hydrogen-bond acceptors (Lipinski definition) is 1. The maximum atomic E-state index is 6.20. The predicted octanol–water partition coefficient (Wildman–Crippen LogP) is 5.14. The Morgan fingerprint density at radius 3 is 1.71 bits per heavy atom. The third kappa shape index (κ3) is 10.8. The van der Waals surface area contributed by atoms with E-state index < -0.39 is 0 Å². The smallest absolute Gasteiger partial charge is 0.00390 e. The highest BCUT2D eigenvalue weighted by atomic mass is 14.6. The zero-order valence-corrected chi connectivity index (χ0v) is 12.7. The summed E-state index contributed by atoms with van der Waals surface area (Å²) >= 11 is 0. The predicted molar refractivity (Wildman–Crippen MR) is 79.2 cm³/mol. The summed E-state index contributed by atoms with van der Waals surface area (Å²) in [7, 11) is 0. The molecule has 1 nitrogen and oxygen atoms in total. The molecule has 1 heteroatoms. The van der Waals surface area contributed by atoms with Gasteiger partial charge in [-0.15, -0.1) is 0 Å². The maximum Gasteiger partial charge on any atom is 0.00390 e. The Morgan fingerprint density at radius 2 is 1.24 bits per heavy atom. The van der Waals surface area contributed by atoms with Crippen LogP contribution in [0.1, 0.15) is 85.5 Å². The molecule has 3 atom stereocenters. The summed E-state index contributed by atoms with van der Waals surface area (Å²) in [5.41, 5.74) is 6.20. The van der Waals surface area contributed by atoms with Crippen LogP contribution in [0, 0.1) is 11.8 Å². The second-order valence-electron chi connectivity index (χ2n) is 6.06. The Morgan fingerprint density at radius 1 is 0.706 bits per heavy atom. The van der Waals surface area contributed by atoms with E-state index in [-0.39, 0.29) is 0 Å².